The molecule has 2 aromatic carbocycles. The van der Waals surface area contributed by atoms with E-state index in [9.17, 15) is 10.2 Å². The minimum atomic E-state index is -0.524. The molecule has 2 heterocycles. The van der Waals surface area contributed by atoms with Crippen molar-refractivity contribution in [3.8, 4) is 5.75 Å². The van der Waals surface area contributed by atoms with E-state index in [0.717, 1.165) is 48.0 Å². The smallest absolute Gasteiger partial charge is 0.117 e. The number of aromatic nitrogens is 1. The molecule has 0 bridgehead atoms. The van der Waals surface area contributed by atoms with Crippen LogP contribution < -0.4 is 5.32 Å². The van der Waals surface area contributed by atoms with E-state index in [1.54, 1.807) is 12.1 Å². The van der Waals surface area contributed by atoms with Gasteiger partial charge in [0.05, 0.1) is 17.1 Å². The number of nitrogens with one attached hydrogen (secondary N) is 1. The van der Waals surface area contributed by atoms with Crippen molar-refractivity contribution < 1.29 is 10.2 Å². The quantitative estimate of drug-likeness (QED) is 0.691. The number of phenols is 1. The van der Waals surface area contributed by atoms with Crippen molar-refractivity contribution in [3.05, 3.63) is 42.5 Å². The van der Waals surface area contributed by atoms with Crippen LogP contribution in [0.1, 0.15) is 13.1 Å². The Bertz CT molecular complexity index is 866. The van der Waals surface area contributed by atoms with E-state index in [4.69, 9.17) is 0 Å². The van der Waals surface area contributed by atoms with Gasteiger partial charge in [0, 0.05) is 43.0 Å². The number of para-hydroxylation sites is 1. The summed E-state index contributed by atoms with van der Waals surface area (Å²) in [6.07, 6.45) is -0.680. The van der Waals surface area contributed by atoms with Gasteiger partial charge >= 0.3 is 0 Å². The van der Waals surface area contributed by atoms with Crippen LogP contribution in [0, 0.1) is 0 Å². The highest BCUT2D eigenvalue weighted by molar-refractivity contribution is 6.08. The fourth-order valence-electron chi connectivity index (χ4n) is 3.90. The lowest BCUT2D eigenvalue weighted by molar-refractivity contribution is 0.0160. The van der Waals surface area contributed by atoms with Gasteiger partial charge in [-0.05, 0) is 25.1 Å². The second kappa shape index (κ2) is 6.09. The van der Waals surface area contributed by atoms with E-state index in [2.05, 4.69) is 26.9 Å². The number of rotatable bonds is 3. The average Bonchev–Trinajstić information content (AvgIpc) is 2.90. The molecule has 0 saturated carbocycles. The van der Waals surface area contributed by atoms with Gasteiger partial charge in [0.2, 0.25) is 0 Å². The molecule has 5 heteroatoms. The molecule has 0 radical (unpaired) electrons. The molecule has 2 unspecified atom stereocenters. The number of benzene rings is 2. The van der Waals surface area contributed by atoms with Crippen molar-refractivity contribution in [2.75, 3.05) is 26.2 Å². The normalized spacial score (nSPS) is 18.9. The molecule has 5 nitrogen and oxygen atoms in total. The van der Waals surface area contributed by atoms with Gasteiger partial charge in [-0.1, -0.05) is 18.2 Å². The Morgan fingerprint density at radius 3 is 2.46 bits per heavy atom. The lowest BCUT2D eigenvalue weighted by Gasteiger charge is -2.38. The molecule has 1 saturated heterocycles. The Kier molecular flexibility index (Phi) is 3.92. The van der Waals surface area contributed by atoms with Crippen LogP contribution in [-0.4, -0.2) is 52.0 Å². The number of fused-ring (bicyclic) bond motifs is 3. The maximum absolute atomic E-state index is 10.6. The minimum Gasteiger partial charge on any atom is -0.508 e. The van der Waals surface area contributed by atoms with E-state index in [-0.39, 0.29) is 11.9 Å². The summed E-state index contributed by atoms with van der Waals surface area (Å²) in [4.78, 5) is 2.32. The summed E-state index contributed by atoms with van der Waals surface area (Å²) in [7, 11) is 0. The molecule has 0 aliphatic carbocycles. The Balaban J connectivity index is 1.99. The van der Waals surface area contributed by atoms with Crippen molar-refractivity contribution in [3.63, 3.8) is 0 Å². The predicted octanol–water partition coefficient (Wildman–Crippen LogP) is 2.28. The van der Waals surface area contributed by atoms with Gasteiger partial charge in [-0.25, -0.2) is 0 Å². The van der Waals surface area contributed by atoms with Crippen molar-refractivity contribution in [1.82, 2.24) is 14.8 Å². The molecule has 1 fully saturated rings. The maximum atomic E-state index is 10.6. The maximum Gasteiger partial charge on any atom is 0.117 e. The zero-order valence-corrected chi connectivity index (χ0v) is 13.8. The molecule has 2 atom stereocenters. The van der Waals surface area contributed by atoms with Crippen LogP contribution >= 0.6 is 0 Å². The molecule has 0 spiro atoms. The molecule has 3 N–H and O–H groups in total. The highest BCUT2D eigenvalue weighted by atomic mass is 16.3. The number of aromatic hydroxyl groups is 1. The Labute approximate surface area is 141 Å². The van der Waals surface area contributed by atoms with Gasteiger partial charge in [-0.15, -0.1) is 0 Å². The SMILES string of the molecule is CC(O)C(N1CCNCC1)n1c2ccccc2c2ccc(O)cc21. The number of phenolic OH excluding ortho intramolecular Hbond substituents is 1. The van der Waals surface area contributed by atoms with Crippen molar-refractivity contribution in [2.24, 2.45) is 0 Å². The van der Waals surface area contributed by atoms with E-state index >= 15 is 0 Å². The summed E-state index contributed by atoms with van der Waals surface area (Å²) < 4.78 is 2.18. The van der Waals surface area contributed by atoms with Crippen LogP contribution in [0.3, 0.4) is 0 Å². The monoisotopic (exact) mass is 325 g/mol. The molecule has 1 aromatic heterocycles. The van der Waals surface area contributed by atoms with Crippen LogP contribution in [0.15, 0.2) is 42.5 Å². The summed E-state index contributed by atoms with van der Waals surface area (Å²) in [5.41, 5.74) is 2.04. The van der Waals surface area contributed by atoms with Crippen LogP contribution in [0.5, 0.6) is 5.75 Å². The van der Waals surface area contributed by atoms with Crippen LogP contribution in [-0.2, 0) is 0 Å². The third kappa shape index (κ3) is 2.45. The van der Waals surface area contributed by atoms with E-state index in [1.165, 1.54) is 0 Å². The average molecular weight is 325 g/mol. The zero-order valence-electron chi connectivity index (χ0n) is 13.8. The standard InChI is InChI=1S/C19H23N3O2/c1-13(23)19(21-10-8-20-9-11-21)22-17-5-3-2-4-15(17)16-7-6-14(24)12-18(16)22/h2-7,12-13,19-20,23-24H,8-11H2,1H3. The van der Waals surface area contributed by atoms with Crippen molar-refractivity contribution in [1.29, 1.82) is 0 Å². The summed E-state index contributed by atoms with van der Waals surface area (Å²) >= 11 is 0. The van der Waals surface area contributed by atoms with Crippen molar-refractivity contribution >= 4 is 21.8 Å². The summed E-state index contributed by atoms with van der Waals surface area (Å²) in [5, 5.41) is 26.2. The second-order valence-corrected chi connectivity index (χ2v) is 6.53. The minimum absolute atomic E-state index is 0.156. The highest BCUT2D eigenvalue weighted by Gasteiger charge is 2.29. The fourth-order valence-corrected chi connectivity index (χ4v) is 3.90. The van der Waals surface area contributed by atoms with Gasteiger partial charge in [0.25, 0.3) is 0 Å². The fraction of sp³-hybridized carbons (Fsp3) is 0.368. The molecule has 3 aromatic rings. The topological polar surface area (TPSA) is 60.7 Å². The number of hydrogen-bond acceptors (Lipinski definition) is 4. The first-order chi connectivity index (χ1) is 11.7. The zero-order chi connectivity index (χ0) is 16.7. The molecule has 0 amide bonds. The van der Waals surface area contributed by atoms with Crippen molar-refractivity contribution in [2.45, 2.75) is 19.2 Å². The predicted molar refractivity (Wildman–Crippen MR) is 96.3 cm³/mol. The van der Waals surface area contributed by atoms with Gasteiger partial charge < -0.3 is 20.1 Å². The largest absolute Gasteiger partial charge is 0.508 e. The molecule has 24 heavy (non-hydrogen) atoms. The second-order valence-electron chi connectivity index (χ2n) is 6.53. The molecule has 1 aliphatic rings. The number of hydrogen-bond donors (Lipinski definition) is 3. The third-order valence-corrected chi connectivity index (χ3v) is 4.92. The third-order valence-electron chi connectivity index (χ3n) is 4.92. The lowest BCUT2D eigenvalue weighted by atomic mass is 10.1. The van der Waals surface area contributed by atoms with E-state index in [1.807, 2.05) is 25.1 Å². The van der Waals surface area contributed by atoms with Crippen LogP contribution in [0.4, 0.5) is 0 Å². The summed E-state index contributed by atoms with van der Waals surface area (Å²) in [6.45, 7) is 5.47. The number of nitrogens with zero attached hydrogens (tertiary/aromatic N) is 2. The lowest BCUT2D eigenvalue weighted by Crippen LogP contribution is -2.49. The first-order valence-electron chi connectivity index (χ1n) is 8.51. The summed E-state index contributed by atoms with van der Waals surface area (Å²) in [5.74, 6) is 0.246. The molecule has 4 rings (SSSR count). The van der Waals surface area contributed by atoms with E-state index in [0.29, 0.717) is 0 Å². The Morgan fingerprint density at radius 2 is 1.71 bits per heavy atom. The van der Waals surface area contributed by atoms with Gasteiger partial charge in [0.15, 0.2) is 0 Å². The van der Waals surface area contributed by atoms with Gasteiger partial charge in [-0.2, -0.15) is 0 Å². The molecule has 1 aliphatic heterocycles. The van der Waals surface area contributed by atoms with Crippen LogP contribution in [0.2, 0.25) is 0 Å². The first-order valence-corrected chi connectivity index (χ1v) is 8.51. The van der Waals surface area contributed by atoms with E-state index < -0.39 is 6.10 Å². The Hall–Kier alpha value is -2.08. The summed E-state index contributed by atoms with van der Waals surface area (Å²) in [6, 6.07) is 13.7. The van der Waals surface area contributed by atoms with Gasteiger partial charge in [0.1, 0.15) is 11.9 Å². The number of aliphatic hydroxyl groups excluding tert-OH is 1. The highest BCUT2D eigenvalue weighted by Crippen LogP contribution is 2.35. The number of piperazine rings is 1. The number of aliphatic hydroxyl groups is 1. The molecular formula is C19H23N3O2. The first kappa shape index (κ1) is 15.4. The van der Waals surface area contributed by atoms with Crippen LogP contribution in [0.25, 0.3) is 21.8 Å². The van der Waals surface area contributed by atoms with Gasteiger partial charge in [-0.3, -0.25) is 4.90 Å². The molecule has 126 valence electrons. The Morgan fingerprint density at radius 1 is 1.00 bits per heavy atom. The molecular weight excluding hydrogens is 302 g/mol.